The number of rotatable bonds is 9. The minimum atomic E-state index is 0.845. The van der Waals surface area contributed by atoms with Gasteiger partial charge in [0.15, 0.2) is 0 Å². The van der Waals surface area contributed by atoms with Crippen LogP contribution in [0.15, 0.2) is 0 Å². The SMILES string of the molecule is CN(C)CCCNCCN(C)CC1CCOCC1. The van der Waals surface area contributed by atoms with Gasteiger partial charge in [-0.15, -0.1) is 0 Å². The molecule has 0 aromatic carbocycles. The van der Waals surface area contributed by atoms with Crippen molar-refractivity contribution in [2.24, 2.45) is 5.92 Å². The zero-order valence-corrected chi connectivity index (χ0v) is 12.5. The fourth-order valence-electron chi connectivity index (χ4n) is 2.38. The first-order chi connectivity index (χ1) is 8.68. The highest BCUT2D eigenvalue weighted by Crippen LogP contribution is 2.15. The highest BCUT2D eigenvalue weighted by atomic mass is 16.5. The molecule has 0 saturated carbocycles. The van der Waals surface area contributed by atoms with Gasteiger partial charge >= 0.3 is 0 Å². The van der Waals surface area contributed by atoms with Crippen molar-refractivity contribution in [3.05, 3.63) is 0 Å². The second kappa shape index (κ2) is 9.73. The average Bonchev–Trinajstić information content (AvgIpc) is 2.34. The van der Waals surface area contributed by atoms with E-state index in [1.165, 1.54) is 32.4 Å². The number of ether oxygens (including phenoxy) is 1. The van der Waals surface area contributed by atoms with Gasteiger partial charge in [-0.2, -0.15) is 0 Å². The average molecular weight is 257 g/mol. The first kappa shape index (κ1) is 15.9. The zero-order valence-electron chi connectivity index (χ0n) is 12.5. The largest absolute Gasteiger partial charge is 0.381 e. The predicted molar refractivity (Wildman–Crippen MR) is 77.1 cm³/mol. The van der Waals surface area contributed by atoms with Crippen LogP contribution in [0.3, 0.4) is 0 Å². The van der Waals surface area contributed by atoms with E-state index in [0.717, 1.165) is 38.8 Å². The Morgan fingerprint density at radius 3 is 2.44 bits per heavy atom. The van der Waals surface area contributed by atoms with E-state index >= 15 is 0 Å². The molecule has 1 aliphatic rings. The summed E-state index contributed by atoms with van der Waals surface area (Å²) in [5, 5.41) is 3.52. The smallest absolute Gasteiger partial charge is 0.0469 e. The van der Waals surface area contributed by atoms with Crippen molar-refractivity contribution in [1.29, 1.82) is 0 Å². The number of hydrogen-bond acceptors (Lipinski definition) is 4. The fraction of sp³-hybridized carbons (Fsp3) is 1.00. The zero-order chi connectivity index (χ0) is 13.2. The Morgan fingerprint density at radius 2 is 1.78 bits per heavy atom. The fourth-order valence-corrected chi connectivity index (χ4v) is 2.38. The summed E-state index contributed by atoms with van der Waals surface area (Å²) >= 11 is 0. The first-order valence-corrected chi connectivity index (χ1v) is 7.30. The molecule has 4 heteroatoms. The van der Waals surface area contributed by atoms with Gasteiger partial charge in [0.1, 0.15) is 0 Å². The van der Waals surface area contributed by atoms with E-state index < -0.39 is 0 Å². The van der Waals surface area contributed by atoms with E-state index in [4.69, 9.17) is 4.74 Å². The van der Waals surface area contributed by atoms with Crippen molar-refractivity contribution in [1.82, 2.24) is 15.1 Å². The third kappa shape index (κ3) is 8.03. The van der Waals surface area contributed by atoms with Gasteiger partial charge in [0.2, 0.25) is 0 Å². The standard InChI is InChI=1S/C14H31N3O/c1-16(2)9-4-7-15-8-10-17(3)13-14-5-11-18-12-6-14/h14-15H,4-13H2,1-3H3. The minimum absolute atomic E-state index is 0.845. The third-order valence-electron chi connectivity index (χ3n) is 3.54. The van der Waals surface area contributed by atoms with Crippen LogP contribution in [-0.2, 0) is 4.74 Å². The van der Waals surface area contributed by atoms with Gasteiger partial charge in [0.05, 0.1) is 0 Å². The Hall–Kier alpha value is -0.160. The lowest BCUT2D eigenvalue weighted by Crippen LogP contribution is -2.35. The quantitative estimate of drug-likeness (QED) is 0.621. The predicted octanol–water partition coefficient (Wildman–Crippen LogP) is 0.886. The topological polar surface area (TPSA) is 27.7 Å². The van der Waals surface area contributed by atoms with E-state index in [-0.39, 0.29) is 0 Å². The number of nitrogens with zero attached hydrogens (tertiary/aromatic N) is 2. The van der Waals surface area contributed by atoms with Crippen LogP contribution in [0.5, 0.6) is 0 Å². The second-order valence-corrected chi connectivity index (χ2v) is 5.72. The monoisotopic (exact) mass is 257 g/mol. The van der Waals surface area contributed by atoms with Gasteiger partial charge in [0.25, 0.3) is 0 Å². The summed E-state index contributed by atoms with van der Waals surface area (Å²) in [4.78, 5) is 4.69. The molecule has 0 amide bonds. The van der Waals surface area contributed by atoms with Crippen molar-refractivity contribution in [2.45, 2.75) is 19.3 Å². The Labute approximate surface area is 113 Å². The maximum atomic E-state index is 5.39. The van der Waals surface area contributed by atoms with Crippen molar-refractivity contribution in [3.63, 3.8) is 0 Å². The minimum Gasteiger partial charge on any atom is -0.381 e. The molecule has 0 atom stereocenters. The molecule has 0 aromatic rings. The number of likely N-dealkylation sites (N-methyl/N-ethyl adjacent to an activating group) is 1. The van der Waals surface area contributed by atoms with E-state index in [9.17, 15) is 0 Å². The second-order valence-electron chi connectivity index (χ2n) is 5.72. The summed E-state index contributed by atoms with van der Waals surface area (Å²) in [6.45, 7) is 7.70. The molecule has 0 bridgehead atoms. The maximum Gasteiger partial charge on any atom is 0.0469 e. The van der Waals surface area contributed by atoms with Crippen LogP contribution in [0.1, 0.15) is 19.3 Å². The van der Waals surface area contributed by atoms with Crippen LogP contribution in [-0.4, -0.2) is 76.9 Å². The molecule has 1 heterocycles. The van der Waals surface area contributed by atoms with Gasteiger partial charge < -0.3 is 19.9 Å². The first-order valence-electron chi connectivity index (χ1n) is 7.30. The Bertz CT molecular complexity index is 193. The summed E-state index contributed by atoms with van der Waals surface area (Å²) in [6, 6.07) is 0. The Kier molecular flexibility index (Phi) is 8.59. The van der Waals surface area contributed by atoms with Crippen molar-refractivity contribution in [3.8, 4) is 0 Å². The molecule has 108 valence electrons. The van der Waals surface area contributed by atoms with Crippen molar-refractivity contribution >= 4 is 0 Å². The molecule has 4 nitrogen and oxygen atoms in total. The van der Waals surface area contributed by atoms with Gasteiger partial charge in [-0.05, 0) is 59.4 Å². The highest BCUT2D eigenvalue weighted by Gasteiger charge is 2.15. The lowest BCUT2D eigenvalue weighted by atomic mass is 10.00. The van der Waals surface area contributed by atoms with Gasteiger partial charge in [-0.3, -0.25) is 0 Å². The van der Waals surface area contributed by atoms with Crippen molar-refractivity contribution in [2.75, 3.05) is 67.1 Å². The van der Waals surface area contributed by atoms with Crippen LogP contribution in [0.25, 0.3) is 0 Å². The summed E-state index contributed by atoms with van der Waals surface area (Å²) < 4.78 is 5.39. The molecular formula is C14H31N3O. The third-order valence-corrected chi connectivity index (χ3v) is 3.54. The molecule has 0 aromatic heterocycles. The van der Waals surface area contributed by atoms with Gasteiger partial charge in [0, 0.05) is 32.8 Å². The molecule has 1 fully saturated rings. The molecule has 18 heavy (non-hydrogen) atoms. The number of nitrogens with one attached hydrogen (secondary N) is 1. The van der Waals surface area contributed by atoms with Crippen LogP contribution in [0, 0.1) is 5.92 Å². The van der Waals surface area contributed by atoms with E-state index in [1.807, 2.05) is 0 Å². The molecule has 1 saturated heterocycles. The maximum absolute atomic E-state index is 5.39. The van der Waals surface area contributed by atoms with E-state index in [2.05, 4.69) is 36.3 Å². The number of hydrogen-bond donors (Lipinski definition) is 1. The van der Waals surface area contributed by atoms with Gasteiger partial charge in [-0.1, -0.05) is 0 Å². The molecule has 1 aliphatic heterocycles. The molecule has 0 unspecified atom stereocenters. The highest BCUT2D eigenvalue weighted by molar-refractivity contribution is 4.67. The van der Waals surface area contributed by atoms with Crippen LogP contribution in [0.4, 0.5) is 0 Å². The normalized spacial score (nSPS) is 17.8. The lowest BCUT2D eigenvalue weighted by Gasteiger charge is -2.27. The van der Waals surface area contributed by atoms with Gasteiger partial charge in [-0.25, -0.2) is 0 Å². The van der Waals surface area contributed by atoms with E-state index in [0.29, 0.717) is 0 Å². The summed E-state index contributed by atoms with van der Waals surface area (Å²) in [7, 11) is 6.49. The summed E-state index contributed by atoms with van der Waals surface area (Å²) in [6.07, 6.45) is 3.71. The van der Waals surface area contributed by atoms with E-state index in [1.54, 1.807) is 0 Å². The summed E-state index contributed by atoms with van der Waals surface area (Å²) in [5.41, 5.74) is 0. The molecule has 1 rings (SSSR count). The van der Waals surface area contributed by atoms with Crippen molar-refractivity contribution < 1.29 is 4.74 Å². The molecule has 0 aliphatic carbocycles. The molecule has 0 radical (unpaired) electrons. The Balaban J connectivity index is 1.91. The van der Waals surface area contributed by atoms with Crippen LogP contribution < -0.4 is 5.32 Å². The lowest BCUT2D eigenvalue weighted by molar-refractivity contribution is 0.0558. The van der Waals surface area contributed by atoms with Crippen LogP contribution in [0.2, 0.25) is 0 Å². The molecule has 0 spiro atoms. The summed E-state index contributed by atoms with van der Waals surface area (Å²) in [5.74, 6) is 0.845. The Morgan fingerprint density at radius 1 is 1.06 bits per heavy atom. The molecular weight excluding hydrogens is 226 g/mol. The van der Waals surface area contributed by atoms with Crippen LogP contribution >= 0.6 is 0 Å². The molecule has 1 N–H and O–H groups in total.